The highest BCUT2D eigenvalue weighted by Gasteiger charge is 2.22. The van der Waals surface area contributed by atoms with E-state index in [4.69, 9.17) is 14.3 Å². The third kappa shape index (κ3) is 6.62. The predicted molar refractivity (Wildman–Crippen MR) is 157 cm³/mol. The van der Waals surface area contributed by atoms with Gasteiger partial charge < -0.3 is 35.2 Å². The molecule has 0 unspecified atom stereocenters. The summed E-state index contributed by atoms with van der Waals surface area (Å²) in [5.41, 5.74) is 2.46. The fourth-order valence-electron chi connectivity index (χ4n) is 4.96. The van der Waals surface area contributed by atoms with Crippen molar-refractivity contribution in [2.45, 2.75) is 25.3 Å². The number of benzene rings is 2. The average Bonchev–Trinajstić information content (AvgIpc) is 3.73. The number of fused-ring (bicyclic) bond motifs is 2. The lowest BCUT2D eigenvalue weighted by atomic mass is 9.98. The molecule has 15 heteroatoms. The minimum Gasteiger partial charge on any atom is -0.482 e. The van der Waals surface area contributed by atoms with E-state index >= 15 is 0 Å². The van der Waals surface area contributed by atoms with E-state index in [1.54, 1.807) is 30.3 Å². The molecule has 0 radical (unpaired) electrons. The van der Waals surface area contributed by atoms with Crippen LogP contribution in [-0.4, -0.2) is 67.7 Å². The number of amides is 2. The molecular formula is C30H27FN8O6. The molecule has 7 rings (SSSR count). The quantitative estimate of drug-likeness (QED) is 0.188. The monoisotopic (exact) mass is 614 g/mol. The zero-order chi connectivity index (χ0) is 31.3. The number of carbonyl (C=O) groups excluding carboxylic acids is 2. The molecule has 5 aromatic rings. The minimum atomic E-state index is -1.15. The number of piperidine rings is 1. The molecule has 0 aliphatic carbocycles. The Morgan fingerprint density at radius 2 is 1.87 bits per heavy atom. The van der Waals surface area contributed by atoms with Gasteiger partial charge in [-0.1, -0.05) is 6.07 Å². The van der Waals surface area contributed by atoms with Gasteiger partial charge in [0.05, 0.1) is 11.2 Å². The number of carboxylic acid groups (broad SMARTS) is 1. The van der Waals surface area contributed by atoms with Crippen LogP contribution in [0.2, 0.25) is 0 Å². The fraction of sp³-hybridized carbons (Fsp3) is 0.233. The van der Waals surface area contributed by atoms with Gasteiger partial charge in [-0.05, 0) is 67.9 Å². The largest absolute Gasteiger partial charge is 0.482 e. The highest BCUT2D eigenvalue weighted by molar-refractivity contribution is 6.08. The summed E-state index contributed by atoms with van der Waals surface area (Å²) < 4.78 is 23.8. The Balaban J connectivity index is 0.000000172. The van der Waals surface area contributed by atoms with Crippen molar-refractivity contribution < 1.29 is 33.0 Å². The number of aromatic nitrogens is 5. The Hall–Kier alpha value is -5.70. The Bertz CT molecular complexity index is 1870. The van der Waals surface area contributed by atoms with Gasteiger partial charge in [-0.25, -0.2) is 19.2 Å². The van der Waals surface area contributed by atoms with E-state index in [2.05, 4.69) is 41.1 Å². The number of hydrogen-bond acceptors (Lipinski definition) is 10. The fourth-order valence-corrected chi connectivity index (χ4v) is 4.96. The summed E-state index contributed by atoms with van der Waals surface area (Å²) in [4.78, 5) is 45.7. The molecule has 0 spiro atoms. The van der Waals surface area contributed by atoms with Gasteiger partial charge in [-0.3, -0.25) is 9.59 Å². The molecule has 5 N–H and O–H groups in total. The van der Waals surface area contributed by atoms with Crippen LogP contribution in [0.25, 0.3) is 22.5 Å². The first-order valence-electron chi connectivity index (χ1n) is 14.0. The molecular weight excluding hydrogens is 587 g/mol. The molecule has 0 atom stereocenters. The van der Waals surface area contributed by atoms with Crippen LogP contribution in [0, 0.1) is 5.82 Å². The van der Waals surface area contributed by atoms with Gasteiger partial charge in [0.2, 0.25) is 11.8 Å². The van der Waals surface area contributed by atoms with Crippen molar-refractivity contribution in [2.24, 2.45) is 0 Å². The van der Waals surface area contributed by atoms with E-state index in [0.717, 1.165) is 43.4 Å². The number of halogens is 1. The molecule has 0 bridgehead atoms. The SMILES string of the molecule is Fc1ccc(-c2nnc(C3CCNCC3)o2)cc1.O=C1COc2ccc(CNC(=O)c3ncnc4c(C(=O)O)c[nH]c34)cc2N1. The van der Waals surface area contributed by atoms with Crippen molar-refractivity contribution in [3.05, 3.63) is 83.5 Å². The number of carboxylic acids is 1. The molecule has 1 fully saturated rings. The van der Waals surface area contributed by atoms with Crippen LogP contribution in [0.5, 0.6) is 5.75 Å². The molecule has 14 nitrogen and oxygen atoms in total. The van der Waals surface area contributed by atoms with Gasteiger partial charge in [0.1, 0.15) is 29.0 Å². The van der Waals surface area contributed by atoms with E-state index in [9.17, 15) is 18.8 Å². The maximum atomic E-state index is 12.8. The molecule has 5 heterocycles. The van der Waals surface area contributed by atoms with Gasteiger partial charge in [-0.15, -0.1) is 10.2 Å². The lowest BCUT2D eigenvalue weighted by Crippen LogP contribution is -2.26. The summed E-state index contributed by atoms with van der Waals surface area (Å²) in [6.45, 7) is 2.12. The van der Waals surface area contributed by atoms with Crippen LogP contribution < -0.4 is 20.7 Å². The Morgan fingerprint density at radius 1 is 1.07 bits per heavy atom. The van der Waals surface area contributed by atoms with Crippen molar-refractivity contribution in [1.82, 2.24) is 35.8 Å². The van der Waals surface area contributed by atoms with Crippen LogP contribution in [-0.2, 0) is 11.3 Å². The Kier molecular flexibility index (Phi) is 8.41. The molecule has 3 aromatic heterocycles. The van der Waals surface area contributed by atoms with Crippen molar-refractivity contribution in [3.8, 4) is 17.2 Å². The molecule has 45 heavy (non-hydrogen) atoms. The normalized spacial score (nSPS) is 14.5. The average molecular weight is 615 g/mol. The summed E-state index contributed by atoms with van der Waals surface area (Å²) in [5, 5.41) is 26.0. The number of rotatable bonds is 6. The van der Waals surface area contributed by atoms with Crippen LogP contribution in [0.3, 0.4) is 0 Å². The Labute approximate surface area is 254 Å². The van der Waals surface area contributed by atoms with Gasteiger partial charge in [0.15, 0.2) is 12.3 Å². The number of anilines is 1. The standard InChI is InChI=1S/C17H13N5O5.C13H14FN3O/c23-12-6-27-11-2-1-8(3-10(11)22-12)4-19-16(24)15-14-13(20-7-21-15)9(5-18-14)17(25)26;14-11-3-1-9(2-4-11)12-16-17-13(18-12)10-5-7-15-8-6-10/h1-3,5,7,18H,4,6H2,(H,19,24)(H,22,23)(H,25,26);1-4,10,15H,5-8H2. The van der Waals surface area contributed by atoms with E-state index < -0.39 is 11.9 Å². The van der Waals surface area contributed by atoms with Crippen LogP contribution in [0.4, 0.5) is 10.1 Å². The van der Waals surface area contributed by atoms with Gasteiger partial charge in [-0.2, -0.15) is 0 Å². The van der Waals surface area contributed by atoms with Crippen molar-refractivity contribution in [2.75, 3.05) is 25.0 Å². The molecule has 2 aliphatic heterocycles. The van der Waals surface area contributed by atoms with Gasteiger partial charge >= 0.3 is 5.97 Å². The first-order valence-corrected chi connectivity index (χ1v) is 14.0. The second-order valence-electron chi connectivity index (χ2n) is 10.3. The maximum Gasteiger partial charge on any atom is 0.339 e. The molecule has 0 saturated carbocycles. The first kappa shape index (κ1) is 29.4. The summed E-state index contributed by atoms with van der Waals surface area (Å²) in [6.07, 6.45) is 4.45. The lowest BCUT2D eigenvalue weighted by Gasteiger charge is -2.18. The van der Waals surface area contributed by atoms with Crippen LogP contribution in [0.15, 0.2) is 59.4 Å². The van der Waals surface area contributed by atoms with Crippen molar-refractivity contribution in [1.29, 1.82) is 0 Å². The number of nitrogens with zero attached hydrogens (tertiary/aromatic N) is 4. The zero-order valence-corrected chi connectivity index (χ0v) is 23.7. The number of H-pyrrole nitrogens is 1. The summed E-state index contributed by atoms with van der Waals surface area (Å²) in [5.74, 6) is -0.0872. The van der Waals surface area contributed by atoms with Crippen molar-refractivity contribution in [3.63, 3.8) is 0 Å². The number of carbonyl (C=O) groups is 3. The van der Waals surface area contributed by atoms with Gasteiger partial charge in [0, 0.05) is 24.2 Å². The summed E-state index contributed by atoms with van der Waals surface area (Å²) in [7, 11) is 0. The van der Waals surface area contributed by atoms with Crippen LogP contribution >= 0.6 is 0 Å². The second-order valence-corrected chi connectivity index (χ2v) is 10.3. The third-order valence-corrected chi connectivity index (χ3v) is 7.26. The molecule has 230 valence electrons. The second kappa shape index (κ2) is 12.9. The molecule has 2 aliphatic rings. The topological polar surface area (TPSA) is 197 Å². The highest BCUT2D eigenvalue weighted by atomic mass is 19.1. The number of hydrogen-bond donors (Lipinski definition) is 5. The van der Waals surface area contributed by atoms with Crippen molar-refractivity contribution >= 4 is 34.5 Å². The highest BCUT2D eigenvalue weighted by Crippen LogP contribution is 2.29. The zero-order valence-electron chi connectivity index (χ0n) is 23.7. The summed E-state index contributed by atoms with van der Waals surface area (Å²) >= 11 is 0. The van der Waals surface area contributed by atoms with E-state index in [1.165, 1.54) is 18.3 Å². The number of nitrogens with one attached hydrogen (secondary N) is 4. The van der Waals surface area contributed by atoms with E-state index in [1.807, 2.05) is 0 Å². The smallest absolute Gasteiger partial charge is 0.339 e. The maximum absolute atomic E-state index is 12.8. The number of aromatic carboxylic acids is 1. The minimum absolute atomic E-state index is 0.0265. The van der Waals surface area contributed by atoms with E-state index in [0.29, 0.717) is 29.1 Å². The first-order chi connectivity index (χ1) is 21.9. The predicted octanol–water partition coefficient (Wildman–Crippen LogP) is 3.26. The third-order valence-electron chi connectivity index (χ3n) is 7.26. The lowest BCUT2D eigenvalue weighted by molar-refractivity contribution is -0.118. The molecule has 2 amide bonds. The number of ether oxygens (including phenoxy) is 1. The molecule has 2 aromatic carbocycles. The van der Waals surface area contributed by atoms with E-state index in [-0.39, 0.29) is 47.2 Å². The van der Waals surface area contributed by atoms with Crippen LogP contribution in [0.1, 0.15) is 51.1 Å². The summed E-state index contributed by atoms with van der Waals surface area (Å²) in [6, 6.07) is 11.3. The Morgan fingerprint density at radius 3 is 2.64 bits per heavy atom. The molecule has 1 saturated heterocycles. The number of aromatic amines is 1. The van der Waals surface area contributed by atoms with Gasteiger partial charge in [0.25, 0.3) is 11.8 Å².